The molecule has 3 heteroatoms. The topological polar surface area (TPSA) is 44.6 Å². The highest BCUT2D eigenvalue weighted by Crippen LogP contribution is 2.11. The van der Waals surface area contributed by atoms with Gasteiger partial charge in [-0.25, -0.2) is 0 Å². The van der Waals surface area contributed by atoms with Gasteiger partial charge in [-0.05, 0) is 19.8 Å². The molecule has 1 aliphatic rings. The van der Waals surface area contributed by atoms with Crippen molar-refractivity contribution >= 4 is 5.84 Å². The Labute approximate surface area is 80.3 Å². The summed E-state index contributed by atoms with van der Waals surface area (Å²) in [6.07, 6.45) is 4.05. The van der Waals surface area contributed by atoms with E-state index in [9.17, 15) is 5.11 Å². The summed E-state index contributed by atoms with van der Waals surface area (Å²) in [6.45, 7) is 5.53. The van der Waals surface area contributed by atoms with Crippen molar-refractivity contribution in [1.82, 2.24) is 5.32 Å². The van der Waals surface area contributed by atoms with Crippen molar-refractivity contribution in [3.63, 3.8) is 0 Å². The lowest BCUT2D eigenvalue weighted by molar-refractivity contribution is 0.0546. The molecule has 0 bridgehead atoms. The zero-order valence-electron chi connectivity index (χ0n) is 8.64. The second kappa shape index (κ2) is 4.61. The van der Waals surface area contributed by atoms with E-state index in [1.165, 1.54) is 0 Å². The van der Waals surface area contributed by atoms with Gasteiger partial charge in [-0.1, -0.05) is 13.3 Å². The minimum absolute atomic E-state index is 0.583. The highest BCUT2D eigenvalue weighted by molar-refractivity contribution is 5.83. The molecular weight excluding hydrogens is 164 g/mol. The summed E-state index contributed by atoms with van der Waals surface area (Å²) in [5.74, 6) is 1.07. The quantitative estimate of drug-likeness (QED) is 0.692. The fraction of sp³-hybridized carbons (Fsp3) is 0.900. The van der Waals surface area contributed by atoms with Gasteiger partial charge in [0.05, 0.1) is 11.4 Å². The van der Waals surface area contributed by atoms with E-state index in [4.69, 9.17) is 0 Å². The second-order valence-electron chi connectivity index (χ2n) is 4.03. The molecule has 0 aromatic carbocycles. The van der Waals surface area contributed by atoms with Gasteiger partial charge < -0.3 is 10.4 Å². The molecule has 0 aromatic rings. The zero-order valence-corrected chi connectivity index (χ0v) is 8.64. The van der Waals surface area contributed by atoms with Crippen molar-refractivity contribution in [2.24, 2.45) is 4.99 Å². The molecule has 13 heavy (non-hydrogen) atoms. The molecule has 0 saturated heterocycles. The predicted molar refractivity (Wildman–Crippen MR) is 55.1 cm³/mol. The zero-order chi connectivity index (χ0) is 9.73. The lowest BCUT2D eigenvalue weighted by atomic mass is 10.0. The number of aliphatic imine (C=N–C) groups is 1. The molecule has 1 aliphatic heterocycles. The normalized spacial score (nSPS) is 21.0. The minimum atomic E-state index is -0.583. The van der Waals surface area contributed by atoms with E-state index in [1.807, 2.05) is 6.92 Å². The molecular formula is C10H20N2O. The van der Waals surface area contributed by atoms with Gasteiger partial charge in [0.2, 0.25) is 0 Å². The van der Waals surface area contributed by atoms with Gasteiger partial charge in [-0.2, -0.15) is 0 Å². The van der Waals surface area contributed by atoms with Crippen LogP contribution in [0.3, 0.4) is 0 Å². The Morgan fingerprint density at radius 1 is 1.62 bits per heavy atom. The van der Waals surface area contributed by atoms with Crippen LogP contribution in [-0.4, -0.2) is 29.6 Å². The number of hydrogen-bond donors (Lipinski definition) is 2. The first kappa shape index (κ1) is 10.5. The fourth-order valence-corrected chi connectivity index (χ4v) is 1.60. The summed E-state index contributed by atoms with van der Waals surface area (Å²) < 4.78 is 0. The predicted octanol–water partition coefficient (Wildman–Crippen LogP) is 1.32. The summed E-state index contributed by atoms with van der Waals surface area (Å²) in [5.41, 5.74) is -0.583. The Morgan fingerprint density at radius 3 is 2.92 bits per heavy atom. The highest BCUT2D eigenvalue weighted by atomic mass is 16.3. The molecule has 1 heterocycles. The number of nitrogens with one attached hydrogen (secondary N) is 1. The molecule has 2 N–H and O–H groups in total. The van der Waals surface area contributed by atoms with E-state index in [1.54, 1.807) is 0 Å². The molecule has 0 saturated carbocycles. The highest BCUT2D eigenvalue weighted by Gasteiger charge is 2.19. The number of nitrogens with zero attached hydrogens (tertiary/aromatic N) is 1. The van der Waals surface area contributed by atoms with Crippen LogP contribution >= 0.6 is 0 Å². The maximum absolute atomic E-state index is 9.86. The van der Waals surface area contributed by atoms with Crippen LogP contribution in [0.2, 0.25) is 0 Å². The van der Waals surface area contributed by atoms with Gasteiger partial charge in [-0.15, -0.1) is 0 Å². The fourth-order valence-electron chi connectivity index (χ4n) is 1.60. The Kier molecular flexibility index (Phi) is 3.72. The summed E-state index contributed by atoms with van der Waals surface area (Å²) in [4.78, 5) is 4.29. The third-order valence-electron chi connectivity index (χ3n) is 2.34. The van der Waals surface area contributed by atoms with Gasteiger partial charge in [0, 0.05) is 19.5 Å². The van der Waals surface area contributed by atoms with Crippen molar-refractivity contribution in [2.45, 2.75) is 45.1 Å². The van der Waals surface area contributed by atoms with Crippen LogP contribution in [-0.2, 0) is 0 Å². The first-order chi connectivity index (χ1) is 6.14. The van der Waals surface area contributed by atoms with E-state index in [0.29, 0.717) is 6.54 Å². The first-order valence-corrected chi connectivity index (χ1v) is 5.13. The number of amidine groups is 1. The molecule has 0 spiro atoms. The maximum atomic E-state index is 9.86. The lowest BCUT2D eigenvalue weighted by Crippen LogP contribution is -2.39. The number of hydrogen-bond acceptors (Lipinski definition) is 3. The summed E-state index contributed by atoms with van der Waals surface area (Å²) in [5, 5.41) is 13.1. The SMILES string of the molecule is CCCC(C)(O)CNC1=NCCC1. The van der Waals surface area contributed by atoms with Gasteiger partial charge in [0.25, 0.3) is 0 Å². The Morgan fingerprint density at radius 2 is 2.38 bits per heavy atom. The summed E-state index contributed by atoms with van der Waals surface area (Å²) >= 11 is 0. The van der Waals surface area contributed by atoms with Crippen LogP contribution in [0.15, 0.2) is 4.99 Å². The Bertz CT molecular complexity index is 187. The second-order valence-corrected chi connectivity index (χ2v) is 4.03. The summed E-state index contributed by atoms with van der Waals surface area (Å²) in [7, 11) is 0. The molecule has 0 radical (unpaired) electrons. The van der Waals surface area contributed by atoms with E-state index in [2.05, 4.69) is 17.2 Å². The third-order valence-corrected chi connectivity index (χ3v) is 2.34. The molecule has 0 fully saturated rings. The van der Waals surface area contributed by atoms with Crippen LogP contribution in [0.4, 0.5) is 0 Å². The van der Waals surface area contributed by atoms with Crippen LogP contribution < -0.4 is 5.32 Å². The van der Waals surface area contributed by atoms with Crippen molar-refractivity contribution in [3.8, 4) is 0 Å². The number of aliphatic hydroxyl groups is 1. The van der Waals surface area contributed by atoms with Crippen molar-refractivity contribution in [3.05, 3.63) is 0 Å². The van der Waals surface area contributed by atoms with Gasteiger partial charge >= 0.3 is 0 Å². The first-order valence-electron chi connectivity index (χ1n) is 5.13. The Hall–Kier alpha value is -0.570. The molecule has 0 amide bonds. The van der Waals surface area contributed by atoms with Gasteiger partial charge in [0.15, 0.2) is 0 Å². The van der Waals surface area contributed by atoms with E-state index < -0.39 is 5.60 Å². The van der Waals surface area contributed by atoms with Gasteiger partial charge in [0.1, 0.15) is 0 Å². The maximum Gasteiger partial charge on any atom is 0.0964 e. The van der Waals surface area contributed by atoms with Crippen LogP contribution in [0.1, 0.15) is 39.5 Å². The molecule has 76 valence electrons. The van der Waals surface area contributed by atoms with Crippen molar-refractivity contribution in [1.29, 1.82) is 0 Å². The summed E-state index contributed by atoms with van der Waals surface area (Å²) in [6, 6.07) is 0. The van der Waals surface area contributed by atoms with Gasteiger partial charge in [-0.3, -0.25) is 4.99 Å². The lowest BCUT2D eigenvalue weighted by Gasteiger charge is -2.23. The third kappa shape index (κ3) is 3.77. The average molecular weight is 184 g/mol. The van der Waals surface area contributed by atoms with Crippen molar-refractivity contribution in [2.75, 3.05) is 13.1 Å². The number of rotatable bonds is 4. The van der Waals surface area contributed by atoms with Crippen molar-refractivity contribution < 1.29 is 5.11 Å². The minimum Gasteiger partial charge on any atom is -0.388 e. The molecule has 0 aliphatic carbocycles. The molecule has 1 rings (SSSR count). The Balaban J connectivity index is 2.23. The molecule has 0 aromatic heterocycles. The van der Waals surface area contributed by atoms with E-state index in [0.717, 1.165) is 38.1 Å². The standard InChI is InChI=1S/C10H20N2O/c1-3-6-10(2,13)8-12-9-5-4-7-11-9/h13H,3-8H2,1-2H3,(H,11,12). The molecule has 1 atom stereocenters. The smallest absolute Gasteiger partial charge is 0.0964 e. The van der Waals surface area contributed by atoms with E-state index in [-0.39, 0.29) is 0 Å². The largest absolute Gasteiger partial charge is 0.388 e. The van der Waals surface area contributed by atoms with Crippen LogP contribution in [0.25, 0.3) is 0 Å². The molecule has 3 nitrogen and oxygen atoms in total. The van der Waals surface area contributed by atoms with E-state index >= 15 is 0 Å². The molecule has 1 unspecified atom stereocenters. The monoisotopic (exact) mass is 184 g/mol. The van der Waals surface area contributed by atoms with Crippen LogP contribution in [0.5, 0.6) is 0 Å². The average Bonchev–Trinajstić information content (AvgIpc) is 2.52. The van der Waals surface area contributed by atoms with Crippen LogP contribution in [0, 0.1) is 0 Å².